The van der Waals surface area contributed by atoms with Crippen LogP contribution in [0.2, 0.25) is 0 Å². The van der Waals surface area contributed by atoms with Crippen LogP contribution in [-0.2, 0) is 0 Å². The Labute approximate surface area is 83.0 Å². The van der Waals surface area contributed by atoms with Crippen LogP contribution in [0, 0.1) is 11.3 Å². The van der Waals surface area contributed by atoms with Crippen molar-refractivity contribution in [1.29, 1.82) is 0 Å². The van der Waals surface area contributed by atoms with Crippen LogP contribution < -0.4 is 0 Å². The minimum Gasteiger partial charge on any atom is -0.247 e. The summed E-state index contributed by atoms with van der Waals surface area (Å²) in [7, 11) is 0. The van der Waals surface area contributed by atoms with Gasteiger partial charge in [-0.2, -0.15) is 0 Å². The van der Waals surface area contributed by atoms with Crippen LogP contribution in [0.15, 0.2) is 0 Å². The monoisotopic (exact) mass is 265 g/mol. The van der Waals surface area contributed by atoms with Crippen molar-refractivity contribution >= 4 is 22.9 Å². The Morgan fingerprint density at radius 3 is 2.73 bits per heavy atom. The molecule has 0 radical (unpaired) electrons. The lowest BCUT2D eigenvalue weighted by molar-refractivity contribution is 0.0180. The summed E-state index contributed by atoms with van der Waals surface area (Å²) in [5.41, 5.74) is 0.763. The average molecular weight is 265 g/mol. The molecule has 2 fully saturated rings. The molecule has 0 aromatic rings. The molecule has 64 valence electrons. The predicted molar refractivity (Wildman–Crippen MR) is 55.7 cm³/mol. The van der Waals surface area contributed by atoms with E-state index in [4.69, 9.17) is 0 Å². The van der Waals surface area contributed by atoms with Gasteiger partial charge in [0.25, 0.3) is 0 Å². The van der Waals surface area contributed by atoms with Crippen LogP contribution in [0.3, 0.4) is 0 Å². The highest BCUT2D eigenvalue weighted by Crippen LogP contribution is 2.51. The topological polar surface area (TPSA) is 3.24 Å². The summed E-state index contributed by atoms with van der Waals surface area (Å²) in [6, 6.07) is 0. The van der Waals surface area contributed by atoms with E-state index in [1.54, 1.807) is 0 Å². The third kappa shape index (κ3) is 1.57. The fourth-order valence-electron chi connectivity index (χ4n) is 2.90. The largest absolute Gasteiger partial charge is 0.247 e. The molecule has 2 aliphatic rings. The lowest BCUT2D eigenvalue weighted by Crippen LogP contribution is -2.46. The first-order valence-corrected chi connectivity index (χ1v) is 5.57. The lowest BCUT2D eigenvalue weighted by atomic mass is 9.59. The lowest BCUT2D eigenvalue weighted by Gasteiger charge is -2.51. The highest BCUT2D eigenvalue weighted by atomic mass is 127. The van der Waals surface area contributed by atoms with E-state index in [-0.39, 0.29) is 0 Å². The Balaban J connectivity index is 1.93. The summed E-state index contributed by atoms with van der Waals surface area (Å²) < 4.78 is 2.48. The third-order valence-electron chi connectivity index (χ3n) is 3.18. The summed E-state index contributed by atoms with van der Waals surface area (Å²) in [6.45, 7) is 5.06. The summed E-state index contributed by atoms with van der Waals surface area (Å²) in [5, 5.41) is 0. The zero-order chi connectivity index (χ0) is 7.90. The van der Waals surface area contributed by atoms with Gasteiger partial charge >= 0.3 is 0 Å². The maximum atomic E-state index is 2.48. The summed E-state index contributed by atoms with van der Waals surface area (Å²) in [5.74, 6) is 1.01. The van der Waals surface area contributed by atoms with Gasteiger partial charge in [-0.25, -0.2) is 3.11 Å². The molecule has 1 saturated heterocycles. The first-order chi connectivity index (χ1) is 5.20. The van der Waals surface area contributed by atoms with Gasteiger partial charge in [0.1, 0.15) is 0 Å². The van der Waals surface area contributed by atoms with Gasteiger partial charge in [0, 0.05) is 36.0 Å². The van der Waals surface area contributed by atoms with Crippen molar-refractivity contribution in [3.05, 3.63) is 0 Å². The van der Waals surface area contributed by atoms with E-state index in [1.165, 1.54) is 38.8 Å². The molecule has 0 unspecified atom stereocenters. The first kappa shape index (κ1) is 8.30. The van der Waals surface area contributed by atoms with Gasteiger partial charge in [-0.3, -0.25) is 0 Å². The minimum absolute atomic E-state index is 0.763. The van der Waals surface area contributed by atoms with E-state index in [0.29, 0.717) is 0 Å². The van der Waals surface area contributed by atoms with Gasteiger partial charge in [-0.1, -0.05) is 6.92 Å². The van der Waals surface area contributed by atoms with Crippen LogP contribution in [-0.4, -0.2) is 16.2 Å². The molecule has 0 aromatic carbocycles. The molecule has 0 amide bonds. The first-order valence-electron chi connectivity index (χ1n) is 4.61. The molecule has 1 heterocycles. The molecule has 0 bridgehead atoms. The summed E-state index contributed by atoms with van der Waals surface area (Å²) in [6.07, 6.45) is 5.91. The molecule has 1 nitrogen and oxygen atoms in total. The van der Waals surface area contributed by atoms with Crippen molar-refractivity contribution in [2.75, 3.05) is 13.1 Å². The zero-order valence-electron chi connectivity index (χ0n) is 7.15. The smallest absolute Gasteiger partial charge is 0.0201 e. The molecule has 1 saturated carbocycles. The Morgan fingerprint density at radius 1 is 1.45 bits per heavy atom. The van der Waals surface area contributed by atoms with Crippen LogP contribution in [0.1, 0.15) is 32.6 Å². The summed E-state index contributed by atoms with van der Waals surface area (Å²) >= 11 is 2.48. The molecule has 0 atom stereocenters. The molecular weight excluding hydrogens is 249 g/mol. The van der Waals surface area contributed by atoms with E-state index in [9.17, 15) is 0 Å². The minimum atomic E-state index is 0.763. The second kappa shape index (κ2) is 2.87. The molecule has 11 heavy (non-hydrogen) atoms. The van der Waals surface area contributed by atoms with Crippen molar-refractivity contribution in [3.8, 4) is 0 Å². The second-order valence-corrected chi connectivity index (χ2v) is 5.83. The third-order valence-corrected chi connectivity index (χ3v) is 4.00. The zero-order valence-corrected chi connectivity index (χ0v) is 9.30. The van der Waals surface area contributed by atoms with E-state index in [2.05, 4.69) is 32.9 Å². The highest BCUT2D eigenvalue weighted by Gasteiger charge is 2.43. The molecule has 0 N–H and O–H groups in total. The Hall–Kier alpha value is 0.690. The van der Waals surface area contributed by atoms with Gasteiger partial charge in [0.15, 0.2) is 0 Å². The number of hydrogen-bond donors (Lipinski definition) is 0. The molecule has 2 rings (SSSR count). The average Bonchev–Trinajstić information content (AvgIpc) is 1.84. The van der Waals surface area contributed by atoms with Gasteiger partial charge in [-0.15, -0.1) is 0 Å². The van der Waals surface area contributed by atoms with Gasteiger partial charge < -0.3 is 0 Å². The standard InChI is InChI=1S/C9H16IN/c1-8-5-9(6-8)3-2-4-11(10)7-9/h8H,2-7H2,1H3. The van der Waals surface area contributed by atoms with E-state index < -0.39 is 0 Å². The van der Waals surface area contributed by atoms with Crippen molar-refractivity contribution < 1.29 is 0 Å². The SMILES string of the molecule is CC1CC2(CCCN(I)C2)C1. The van der Waals surface area contributed by atoms with Crippen molar-refractivity contribution in [3.63, 3.8) is 0 Å². The number of rotatable bonds is 0. The predicted octanol–water partition coefficient (Wildman–Crippen LogP) is 2.85. The van der Waals surface area contributed by atoms with Crippen molar-refractivity contribution in [1.82, 2.24) is 3.11 Å². The van der Waals surface area contributed by atoms with Crippen LogP contribution in [0.5, 0.6) is 0 Å². The number of hydrogen-bond acceptors (Lipinski definition) is 1. The quantitative estimate of drug-likeness (QED) is 0.481. The summed E-state index contributed by atoms with van der Waals surface area (Å²) in [4.78, 5) is 0. The van der Waals surface area contributed by atoms with Crippen LogP contribution in [0.25, 0.3) is 0 Å². The number of nitrogens with zero attached hydrogens (tertiary/aromatic N) is 1. The van der Waals surface area contributed by atoms with Crippen molar-refractivity contribution in [2.24, 2.45) is 11.3 Å². The molecular formula is C9H16IN. The second-order valence-electron chi connectivity index (χ2n) is 4.46. The fourth-order valence-corrected chi connectivity index (χ4v) is 3.96. The van der Waals surface area contributed by atoms with Crippen LogP contribution >= 0.6 is 22.9 Å². The Morgan fingerprint density at radius 2 is 2.18 bits per heavy atom. The number of halogens is 1. The normalized spacial score (nSPS) is 45.8. The van der Waals surface area contributed by atoms with Gasteiger partial charge in [0.05, 0.1) is 0 Å². The molecule has 0 aromatic heterocycles. The van der Waals surface area contributed by atoms with Crippen LogP contribution in [0.4, 0.5) is 0 Å². The molecule has 2 heteroatoms. The van der Waals surface area contributed by atoms with E-state index in [0.717, 1.165) is 11.3 Å². The Kier molecular flexibility index (Phi) is 2.17. The maximum Gasteiger partial charge on any atom is 0.0201 e. The van der Waals surface area contributed by atoms with Gasteiger partial charge in [0.2, 0.25) is 0 Å². The maximum absolute atomic E-state index is 2.48. The highest BCUT2D eigenvalue weighted by molar-refractivity contribution is 14.1. The molecule has 1 aliphatic carbocycles. The molecule has 1 aliphatic heterocycles. The number of piperidine rings is 1. The fraction of sp³-hybridized carbons (Fsp3) is 1.00. The van der Waals surface area contributed by atoms with E-state index >= 15 is 0 Å². The Bertz CT molecular complexity index is 146. The van der Waals surface area contributed by atoms with Crippen molar-refractivity contribution in [2.45, 2.75) is 32.6 Å². The van der Waals surface area contributed by atoms with E-state index in [1.807, 2.05) is 0 Å². The molecule has 1 spiro atoms. The van der Waals surface area contributed by atoms with Gasteiger partial charge in [-0.05, 0) is 37.0 Å².